The number of hydrogen-bond acceptors (Lipinski definition) is 1. The van der Waals surface area contributed by atoms with E-state index in [1.54, 1.807) is 0 Å². The Labute approximate surface area is 61.6 Å². The molecule has 0 aliphatic rings. The van der Waals surface area contributed by atoms with Gasteiger partial charge in [0.1, 0.15) is 0 Å². The van der Waals surface area contributed by atoms with Crippen LogP contribution < -0.4 is 4.35 Å². The molecule has 0 heterocycles. The minimum atomic E-state index is -1.30. The molecule has 0 N–H and O–H groups in total. The summed E-state index contributed by atoms with van der Waals surface area (Å²) in [7, 11) is 0. The van der Waals surface area contributed by atoms with E-state index in [9.17, 15) is 8.13 Å². The van der Waals surface area contributed by atoms with Crippen LogP contribution in [-0.2, 0) is 3.74 Å². The molecule has 9 heavy (non-hydrogen) atoms. The van der Waals surface area contributed by atoms with Crippen molar-refractivity contribution in [1.82, 2.24) is 0 Å². The zero-order chi connectivity index (χ0) is 8.43. The van der Waals surface area contributed by atoms with E-state index in [0.29, 0.717) is 4.35 Å². The van der Waals surface area contributed by atoms with Crippen molar-refractivity contribution in [2.45, 2.75) is 0 Å². The van der Waals surface area contributed by atoms with Crippen LogP contribution in [0.1, 0.15) is 2.74 Å². The van der Waals surface area contributed by atoms with E-state index < -0.39 is 27.6 Å². The molecular formula is C6H4AsFO. The second-order valence-electron chi connectivity index (χ2n) is 1.42. The Balaban J connectivity index is 3.31. The van der Waals surface area contributed by atoms with Gasteiger partial charge in [-0.05, 0) is 0 Å². The molecule has 0 spiro atoms. The van der Waals surface area contributed by atoms with Crippen molar-refractivity contribution in [3.8, 4) is 0 Å². The topological polar surface area (TPSA) is 17.1 Å². The normalized spacial score (nSPS) is 13.0. The van der Waals surface area contributed by atoms with Crippen molar-refractivity contribution in [2.75, 3.05) is 0 Å². The van der Waals surface area contributed by atoms with Crippen molar-refractivity contribution in [3.63, 3.8) is 0 Å². The zero-order valence-corrected chi connectivity index (χ0v) is 6.26. The second-order valence-corrected chi connectivity index (χ2v) is 2.89. The fourth-order valence-corrected chi connectivity index (χ4v) is 1.03. The van der Waals surface area contributed by atoms with E-state index in [0.717, 1.165) is 6.07 Å². The Kier molecular flexibility index (Phi) is 1.39. The van der Waals surface area contributed by atoms with E-state index in [1.165, 1.54) is 6.07 Å². The van der Waals surface area contributed by atoms with Crippen molar-refractivity contribution in [3.05, 3.63) is 30.0 Å². The van der Waals surface area contributed by atoms with Gasteiger partial charge < -0.3 is 0 Å². The first kappa shape index (κ1) is 4.34. The molecule has 0 unspecified atom stereocenters. The van der Waals surface area contributed by atoms with E-state index >= 15 is 0 Å². The first-order valence-electron chi connectivity index (χ1n) is 3.25. The third-order valence-corrected chi connectivity index (χ3v) is 1.78. The Morgan fingerprint density at radius 1 is 1.78 bits per heavy atom. The predicted molar refractivity (Wildman–Crippen MR) is 32.5 cm³/mol. The van der Waals surface area contributed by atoms with Gasteiger partial charge in [-0.25, -0.2) is 0 Å². The summed E-state index contributed by atoms with van der Waals surface area (Å²) in [6, 6.07) is 1.63. The molecular weight excluding hydrogens is 182 g/mol. The van der Waals surface area contributed by atoms with Gasteiger partial charge >= 0.3 is 60.9 Å². The molecule has 0 radical (unpaired) electrons. The van der Waals surface area contributed by atoms with Crippen LogP contribution in [0.2, 0.25) is 0 Å². The Morgan fingerprint density at radius 2 is 2.56 bits per heavy atom. The van der Waals surface area contributed by atoms with E-state index in [1.807, 2.05) is 0 Å². The number of benzene rings is 1. The van der Waals surface area contributed by atoms with E-state index in [2.05, 4.69) is 0 Å². The average molecular weight is 188 g/mol. The molecule has 0 saturated heterocycles. The quantitative estimate of drug-likeness (QED) is 0.586. The Bertz CT molecular complexity index is 280. The first-order valence-corrected chi connectivity index (χ1v) is 3.95. The van der Waals surface area contributed by atoms with Crippen molar-refractivity contribution in [1.29, 1.82) is 0 Å². The molecule has 0 saturated carbocycles. The Morgan fingerprint density at radius 3 is 3.11 bits per heavy atom. The molecule has 3 heteroatoms. The van der Waals surface area contributed by atoms with Crippen molar-refractivity contribution in [2.24, 2.45) is 0 Å². The molecule has 0 amide bonds. The van der Waals surface area contributed by atoms with Crippen LogP contribution in [-0.4, -0.2) is 15.7 Å². The monoisotopic (exact) mass is 188 g/mol. The van der Waals surface area contributed by atoms with Crippen LogP contribution >= 0.6 is 0 Å². The van der Waals surface area contributed by atoms with Crippen LogP contribution in [0.25, 0.3) is 0 Å². The standard InChI is InChI=1S/C6H4AsFO/c8-6-3-1-2-5(4-6)7-9/h1-4H/i1D,3D. The number of halogens is 1. The molecule has 46 valence electrons. The third-order valence-electron chi connectivity index (χ3n) is 0.792. The van der Waals surface area contributed by atoms with Gasteiger partial charge in [0.05, 0.1) is 0 Å². The second kappa shape index (κ2) is 2.88. The predicted octanol–water partition coefficient (Wildman–Crippen LogP) is 0.501. The summed E-state index contributed by atoms with van der Waals surface area (Å²) in [6.45, 7) is 0. The van der Waals surface area contributed by atoms with E-state index in [4.69, 9.17) is 2.74 Å². The summed E-state index contributed by atoms with van der Waals surface area (Å²) in [5.74, 6) is -0.779. The molecule has 1 aromatic rings. The van der Waals surface area contributed by atoms with Gasteiger partial charge in [0.25, 0.3) is 0 Å². The molecule has 1 nitrogen and oxygen atoms in total. The van der Waals surface area contributed by atoms with Gasteiger partial charge in [-0.1, -0.05) is 0 Å². The summed E-state index contributed by atoms with van der Waals surface area (Å²) in [4.78, 5) is 0. The molecule has 0 aliphatic carbocycles. The Hall–Kier alpha value is -0.492. The van der Waals surface area contributed by atoms with Gasteiger partial charge in [0, 0.05) is 0 Å². The molecule has 0 bridgehead atoms. The molecule has 1 rings (SSSR count). The van der Waals surface area contributed by atoms with Crippen LogP contribution in [0.5, 0.6) is 0 Å². The molecule has 0 atom stereocenters. The number of hydrogen-bond donors (Lipinski definition) is 0. The summed E-state index contributed by atoms with van der Waals surface area (Å²) < 4.78 is 37.2. The molecule has 1 aromatic carbocycles. The van der Waals surface area contributed by atoms with Gasteiger partial charge in [-0.2, -0.15) is 0 Å². The fourth-order valence-electron chi connectivity index (χ4n) is 0.439. The molecule has 0 aromatic heterocycles. The van der Waals surface area contributed by atoms with E-state index in [-0.39, 0.29) is 6.04 Å². The zero-order valence-electron chi connectivity index (χ0n) is 6.39. The van der Waals surface area contributed by atoms with Crippen LogP contribution in [0.15, 0.2) is 24.2 Å². The van der Waals surface area contributed by atoms with Gasteiger partial charge in [0.15, 0.2) is 0 Å². The maximum atomic E-state index is 12.6. The first-order chi connectivity index (χ1) is 5.15. The van der Waals surface area contributed by atoms with Crippen molar-refractivity contribution < 1.29 is 10.9 Å². The van der Waals surface area contributed by atoms with Gasteiger partial charge in [-0.15, -0.1) is 0 Å². The number of rotatable bonds is 1. The average Bonchev–Trinajstić information content (AvgIpc) is 1.99. The molecule has 0 aliphatic heterocycles. The minimum absolute atomic E-state index is 0.217. The summed E-state index contributed by atoms with van der Waals surface area (Å²) in [5, 5.41) is 0. The van der Waals surface area contributed by atoms with Gasteiger partial charge in [-0.3, -0.25) is 0 Å². The molecule has 0 fully saturated rings. The van der Waals surface area contributed by atoms with Crippen LogP contribution in [0.4, 0.5) is 4.39 Å². The van der Waals surface area contributed by atoms with Crippen LogP contribution in [0.3, 0.4) is 0 Å². The van der Waals surface area contributed by atoms with Gasteiger partial charge in [0.2, 0.25) is 0 Å². The summed E-state index contributed by atoms with van der Waals surface area (Å²) >= 11 is -1.30. The van der Waals surface area contributed by atoms with Crippen molar-refractivity contribution >= 4 is 20.0 Å². The van der Waals surface area contributed by atoms with Crippen LogP contribution in [0, 0.1) is 5.82 Å². The third kappa shape index (κ3) is 1.72. The fraction of sp³-hybridized carbons (Fsp3) is 0. The summed E-state index contributed by atoms with van der Waals surface area (Å²) in [5.41, 5.74) is 0. The summed E-state index contributed by atoms with van der Waals surface area (Å²) in [6.07, 6.45) is 0. The maximum absolute atomic E-state index is 12.6. The SMILES string of the molecule is [2H]c1cc([As]=O)cc(F)c1[2H].